The van der Waals surface area contributed by atoms with Crippen LogP contribution in [0.25, 0.3) is 0 Å². The quantitative estimate of drug-likeness (QED) is 0.834. The SMILES string of the molecule is CN(C)c1ccc(N2CCc3ccccc3C2=O)cc1. The van der Waals surface area contributed by atoms with E-state index in [1.165, 1.54) is 0 Å². The highest BCUT2D eigenvalue weighted by Crippen LogP contribution is 2.26. The highest BCUT2D eigenvalue weighted by molar-refractivity contribution is 6.08. The van der Waals surface area contributed by atoms with Crippen LogP contribution in [0.2, 0.25) is 0 Å². The van der Waals surface area contributed by atoms with Crippen molar-refractivity contribution in [3.05, 3.63) is 59.7 Å². The van der Waals surface area contributed by atoms with Gasteiger partial charge in [-0.1, -0.05) is 18.2 Å². The van der Waals surface area contributed by atoms with Crippen LogP contribution in [0.15, 0.2) is 48.5 Å². The van der Waals surface area contributed by atoms with Crippen molar-refractivity contribution in [3.8, 4) is 0 Å². The fourth-order valence-corrected chi connectivity index (χ4v) is 2.60. The maximum atomic E-state index is 12.6. The van der Waals surface area contributed by atoms with E-state index in [4.69, 9.17) is 0 Å². The van der Waals surface area contributed by atoms with Crippen molar-refractivity contribution in [2.24, 2.45) is 0 Å². The summed E-state index contributed by atoms with van der Waals surface area (Å²) in [4.78, 5) is 16.5. The molecule has 20 heavy (non-hydrogen) atoms. The minimum Gasteiger partial charge on any atom is -0.378 e. The predicted molar refractivity (Wildman–Crippen MR) is 82.6 cm³/mol. The average molecular weight is 266 g/mol. The molecule has 0 bridgehead atoms. The molecule has 0 aromatic heterocycles. The summed E-state index contributed by atoms with van der Waals surface area (Å²) in [7, 11) is 4.02. The first-order chi connectivity index (χ1) is 9.66. The topological polar surface area (TPSA) is 23.6 Å². The monoisotopic (exact) mass is 266 g/mol. The molecule has 0 spiro atoms. The van der Waals surface area contributed by atoms with E-state index in [-0.39, 0.29) is 5.91 Å². The van der Waals surface area contributed by atoms with E-state index in [2.05, 4.69) is 4.90 Å². The second kappa shape index (κ2) is 5.00. The van der Waals surface area contributed by atoms with E-state index in [9.17, 15) is 4.79 Å². The maximum Gasteiger partial charge on any atom is 0.258 e. The van der Waals surface area contributed by atoms with Crippen LogP contribution in [0.4, 0.5) is 11.4 Å². The fraction of sp³-hybridized carbons (Fsp3) is 0.235. The molecule has 0 radical (unpaired) electrons. The van der Waals surface area contributed by atoms with E-state index >= 15 is 0 Å². The van der Waals surface area contributed by atoms with Gasteiger partial charge in [-0.3, -0.25) is 4.79 Å². The van der Waals surface area contributed by atoms with Crippen molar-refractivity contribution in [2.45, 2.75) is 6.42 Å². The van der Waals surface area contributed by atoms with Crippen molar-refractivity contribution < 1.29 is 4.79 Å². The minimum absolute atomic E-state index is 0.101. The van der Waals surface area contributed by atoms with Crippen molar-refractivity contribution in [2.75, 3.05) is 30.4 Å². The Kier molecular flexibility index (Phi) is 3.18. The predicted octanol–water partition coefficient (Wildman–Crippen LogP) is 2.96. The van der Waals surface area contributed by atoms with Gasteiger partial charge in [-0.05, 0) is 42.3 Å². The zero-order valence-corrected chi connectivity index (χ0v) is 11.8. The smallest absolute Gasteiger partial charge is 0.258 e. The van der Waals surface area contributed by atoms with Crippen LogP contribution >= 0.6 is 0 Å². The Morgan fingerprint density at radius 2 is 1.70 bits per heavy atom. The molecule has 102 valence electrons. The molecule has 1 heterocycles. The van der Waals surface area contributed by atoms with Gasteiger partial charge in [-0.25, -0.2) is 0 Å². The Bertz CT molecular complexity index is 632. The molecule has 0 saturated carbocycles. The Hall–Kier alpha value is -2.29. The maximum absolute atomic E-state index is 12.6. The highest BCUT2D eigenvalue weighted by atomic mass is 16.2. The second-order valence-electron chi connectivity index (χ2n) is 5.27. The standard InChI is InChI=1S/C17H18N2O/c1-18(2)14-7-9-15(10-8-14)19-12-11-13-5-3-4-6-16(13)17(19)20/h3-10H,11-12H2,1-2H3. The number of rotatable bonds is 2. The third-order valence-corrected chi connectivity index (χ3v) is 3.78. The van der Waals surface area contributed by atoms with Crippen molar-refractivity contribution >= 4 is 17.3 Å². The summed E-state index contributed by atoms with van der Waals surface area (Å²) in [5, 5.41) is 0. The van der Waals surface area contributed by atoms with E-state index in [0.29, 0.717) is 0 Å². The van der Waals surface area contributed by atoms with Gasteiger partial charge >= 0.3 is 0 Å². The Morgan fingerprint density at radius 1 is 1.00 bits per heavy atom. The summed E-state index contributed by atoms with van der Waals surface area (Å²) in [5.41, 5.74) is 4.09. The summed E-state index contributed by atoms with van der Waals surface area (Å²) in [6.45, 7) is 0.747. The molecule has 2 aromatic carbocycles. The number of carbonyl (C=O) groups is 1. The van der Waals surface area contributed by atoms with Crippen LogP contribution in [0.5, 0.6) is 0 Å². The van der Waals surface area contributed by atoms with Gasteiger partial charge in [-0.2, -0.15) is 0 Å². The molecule has 3 heteroatoms. The summed E-state index contributed by atoms with van der Waals surface area (Å²) in [5.74, 6) is 0.101. The van der Waals surface area contributed by atoms with Crippen molar-refractivity contribution in [3.63, 3.8) is 0 Å². The lowest BCUT2D eigenvalue weighted by Gasteiger charge is -2.29. The lowest BCUT2D eigenvalue weighted by molar-refractivity contribution is 0.0980. The highest BCUT2D eigenvalue weighted by Gasteiger charge is 2.24. The molecular weight excluding hydrogens is 248 g/mol. The molecule has 3 rings (SSSR count). The molecular formula is C17H18N2O. The first-order valence-electron chi connectivity index (χ1n) is 6.84. The van der Waals surface area contributed by atoms with E-state index < -0.39 is 0 Å². The Labute approximate surface area is 119 Å². The fourth-order valence-electron chi connectivity index (χ4n) is 2.60. The zero-order valence-electron chi connectivity index (χ0n) is 11.8. The second-order valence-corrected chi connectivity index (χ2v) is 5.27. The van der Waals surface area contributed by atoms with E-state index in [1.54, 1.807) is 0 Å². The lowest BCUT2D eigenvalue weighted by Crippen LogP contribution is -2.37. The van der Waals surface area contributed by atoms with Gasteiger partial charge in [0.25, 0.3) is 5.91 Å². The molecule has 1 aliphatic rings. The van der Waals surface area contributed by atoms with Crippen molar-refractivity contribution in [1.82, 2.24) is 0 Å². The molecule has 0 saturated heterocycles. The number of carbonyl (C=O) groups excluding carboxylic acids is 1. The summed E-state index contributed by atoms with van der Waals surface area (Å²) in [6, 6.07) is 16.0. The largest absolute Gasteiger partial charge is 0.378 e. The van der Waals surface area contributed by atoms with Gasteiger partial charge in [0.05, 0.1) is 0 Å². The van der Waals surface area contributed by atoms with E-state index in [1.807, 2.05) is 67.5 Å². The summed E-state index contributed by atoms with van der Waals surface area (Å²) in [6.07, 6.45) is 0.914. The molecule has 0 unspecified atom stereocenters. The summed E-state index contributed by atoms with van der Waals surface area (Å²) < 4.78 is 0. The number of amides is 1. The molecule has 1 amide bonds. The average Bonchev–Trinajstić information content (AvgIpc) is 2.48. The number of hydrogen-bond donors (Lipinski definition) is 0. The Morgan fingerprint density at radius 3 is 2.40 bits per heavy atom. The van der Waals surface area contributed by atoms with E-state index in [0.717, 1.165) is 35.5 Å². The summed E-state index contributed by atoms with van der Waals surface area (Å²) >= 11 is 0. The number of hydrogen-bond acceptors (Lipinski definition) is 2. The molecule has 1 aliphatic heterocycles. The third-order valence-electron chi connectivity index (χ3n) is 3.78. The number of nitrogens with zero attached hydrogens (tertiary/aromatic N) is 2. The van der Waals surface area contributed by atoms with Gasteiger partial charge in [-0.15, -0.1) is 0 Å². The van der Waals surface area contributed by atoms with Crippen LogP contribution in [0.3, 0.4) is 0 Å². The molecule has 3 nitrogen and oxygen atoms in total. The van der Waals surface area contributed by atoms with Crippen molar-refractivity contribution in [1.29, 1.82) is 0 Å². The first-order valence-corrected chi connectivity index (χ1v) is 6.84. The van der Waals surface area contributed by atoms with Gasteiger partial charge in [0.1, 0.15) is 0 Å². The van der Waals surface area contributed by atoms with Crippen LogP contribution in [-0.2, 0) is 6.42 Å². The van der Waals surface area contributed by atoms with Gasteiger partial charge < -0.3 is 9.80 Å². The van der Waals surface area contributed by atoms with Crippen LogP contribution in [0.1, 0.15) is 15.9 Å². The molecule has 0 atom stereocenters. The molecule has 0 fully saturated rings. The van der Waals surface area contributed by atoms with Gasteiger partial charge in [0, 0.05) is 37.6 Å². The van der Waals surface area contributed by atoms with Gasteiger partial charge in [0.15, 0.2) is 0 Å². The van der Waals surface area contributed by atoms with Gasteiger partial charge in [0.2, 0.25) is 0 Å². The number of benzene rings is 2. The first kappa shape index (κ1) is 12.7. The zero-order chi connectivity index (χ0) is 14.1. The normalized spacial score (nSPS) is 14.1. The molecule has 2 aromatic rings. The van der Waals surface area contributed by atoms with Crippen LogP contribution in [-0.4, -0.2) is 26.5 Å². The minimum atomic E-state index is 0.101. The molecule has 0 aliphatic carbocycles. The number of anilines is 2. The van der Waals surface area contributed by atoms with Crippen LogP contribution < -0.4 is 9.80 Å². The number of fused-ring (bicyclic) bond motifs is 1. The molecule has 0 N–H and O–H groups in total. The third kappa shape index (κ3) is 2.16. The lowest BCUT2D eigenvalue weighted by atomic mass is 9.98. The van der Waals surface area contributed by atoms with Crippen LogP contribution in [0, 0.1) is 0 Å². The Balaban J connectivity index is 1.91.